The number of hydrogen-bond acceptors (Lipinski definition) is 4. The van der Waals surface area contributed by atoms with Gasteiger partial charge in [0.15, 0.2) is 0 Å². The van der Waals surface area contributed by atoms with E-state index in [4.69, 9.17) is 0 Å². The molecule has 2 aromatic rings. The minimum atomic E-state index is -3.29. The van der Waals surface area contributed by atoms with Gasteiger partial charge in [0.05, 0.1) is 11.4 Å². The number of carbonyl (C=O) groups excluding carboxylic acids is 1. The van der Waals surface area contributed by atoms with Gasteiger partial charge in [0.2, 0.25) is 10.0 Å². The summed E-state index contributed by atoms with van der Waals surface area (Å²) in [6.07, 6.45) is 2.17. The molecular formula is C21H27N3O3S. The third-order valence-corrected chi connectivity index (χ3v) is 6.83. The van der Waals surface area contributed by atoms with Crippen LogP contribution in [0.4, 0.5) is 17.1 Å². The molecule has 150 valence electrons. The van der Waals surface area contributed by atoms with Crippen LogP contribution in [0.2, 0.25) is 0 Å². The molecule has 6 nitrogen and oxygen atoms in total. The van der Waals surface area contributed by atoms with Gasteiger partial charge in [-0.05, 0) is 67.3 Å². The fraction of sp³-hybridized carbons (Fsp3) is 0.381. The molecule has 1 heterocycles. The van der Waals surface area contributed by atoms with Crippen LogP contribution in [0.15, 0.2) is 42.5 Å². The van der Waals surface area contributed by atoms with Gasteiger partial charge in [0.25, 0.3) is 5.91 Å². The predicted octanol–water partition coefficient (Wildman–Crippen LogP) is 3.50. The molecule has 3 rings (SSSR count). The van der Waals surface area contributed by atoms with Gasteiger partial charge in [-0.25, -0.2) is 8.42 Å². The summed E-state index contributed by atoms with van der Waals surface area (Å²) in [5, 5.41) is 2.92. The van der Waals surface area contributed by atoms with Crippen LogP contribution < -0.4 is 14.5 Å². The van der Waals surface area contributed by atoms with E-state index in [0.717, 1.165) is 29.8 Å². The van der Waals surface area contributed by atoms with E-state index in [1.54, 1.807) is 24.3 Å². The average molecular weight is 402 g/mol. The second-order valence-corrected chi connectivity index (χ2v) is 9.24. The Morgan fingerprint density at radius 2 is 1.86 bits per heavy atom. The third kappa shape index (κ3) is 4.30. The number of nitrogens with zero attached hydrogens (tertiary/aromatic N) is 2. The van der Waals surface area contributed by atoms with Crippen LogP contribution in [0, 0.1) is 0 Å². The van der Waals surface area contributed by atoms with Crippen molar-refractivity contribution in [1.82, 2.24) is 0 Å². The molecule has 1 aliphatic rings. The molecule has 1 amide bonds. The van der Waals surface area contributed by atoms with Crippen molar-refractivity contribution in [2.24, 2.45) is 0 Å². The molecule has 0 aromatic heterocycles. The molecule has 1 aliphatic heterocycles. The fourth-order valence-corrected chi connectivity index (χ4v) is 5.03. The van der Waals surface area contributed by atoms with E-state index < -0.39 is 10.0 Å². The van der Waals surface area contributed by atoms with Crippen molar-refractivity contribution < 1.29 is 13.2 Å². The van der Waals surface area contributed by atoms with Gasteiger partial charge in [-0.2, -0.15) is 0 Å². The van der Waals surface area contributed by atoms with Crippen molar-refractivity contribution in [3.05, 3.63) is 53.6 Å². The van der Waals surface area contributed by atoms with Crippen molar-refractivity contribution in [3.63, 3.8) is 0 Å². The number of anilines is 3. The first kappa shape index (κ1) is 20.2. The maximum absolute atomic E-state index is 12.5. The first-order valence-electron chi connectivity index (χ1n) is 9.54. The summed E-state index contributed by atoms with van der Waals surface area (Å²) in [5.74, 6) is -0.0371. The zero-order valence-electron chi connectivity index (χ0n) is 16.6. The molecule has 0 unspecified atom stereocenters. The zero-order chi connectivity index (χ0) is 20.3. The number of carbonyl (C=O) groups is 1. The number of sulfonamides is 1. The molecule has 0 atom stereocenters. The van der Waals surface area contributed by atoms with E-state index in [9.17, 15) is 13.2 Å². The lowest BCUT2D eigenvalue weighted by atomic mass is 10.0. The third-order valence-electron chi connectivity index (χ3n) is 4.86. The van der Waals surface area contributed by atoms with Gasteiger partial charge in [-0.3, -0.25) is 9.10 Å². The molecule has 28 heavy (non-hydrogen) atoms. The second kappa shape index (κ2) is 8.22. The van der Waals surface area contributed by atoms with E-state index in [1.165, 1.54) is 4.31 Å². The summed E-state index contributed by atoms with van der Waals surface area (Å²) in [7, 11) is 0.606. The summed E-state index contributed by atoms with van der Waals surface area (Å²) < 4.78 is 26.6. The van der Waals surface area contributed by atoms with Crippen LogP contribution in [0.25, 0.3) is 0 Å². The van der Waals surface area contributed by atoms with Crippen molar-refractivity contribution in [2.75, 3.05) is 40.9 Å². The molecule has 0 aliphatic carbocycles. The van der Waals surface area contributed by atoms with E-state index in [1.807, 2.05) is 44.1 Å². The van der Waals surface area contributed by atoms with Gasteiger partial charge < -0.3 is 10.2 Å². The number of benzene rings is 2. The standard InChI is InChI=1S/C21H27N3O3S/c1-4-14-28(26,27)24-13-5-6-17-15-18(9-12-20(17)24)22-21(25)16-7-10-19(11-8-16)23(2)3/h7-12,15H,4-6,13-14H2,1-3H3,(H,22,25). The lowest BCUT2D eigenvalue weighted by molar-refractivity contribution is 0.102. The maximum Gasteiger partial charge on any atom is 0.255 e. The number of aryl methyl sites for hydroxylation is 1. The first-order chi connectivity index (χ1) is 13.3. The van der Waals surface area contributed by atoms with Crippen molar-refractivity contribution >= 4 is 33.0 Å². The monoisotopic (exact) mass is 401 g/mol. The van der Waals surface area contributed by atoms with Crippen LogP contribution in [-0.4, -0.2) is 40.7 Å². The van der Waals surface area contributed by atoms with Crippen molar-refractivity contribution in [3.8, 4) is 0 Å². The van der Waals surface area contributed by atoms with E-state index in [2.05, 4.69) is 5.32 Å². The highest BCUT2D eigenvalue weighted by molar-refractivity contribution is 7.92. The normalized spacial score (nSPS) is 13.8. The lowest BCUT2D eigenvalue weighted by Crippen LogP contribution is -2.37. The highest BCUT2D eigenvalue weighted by Gasteiger charge is 2.26. The molecule has 0 radical (unpaired) electrons. The Bertz CT molecular complexity index is 953. The number of fused-ring (bicyclic) bond motifs is 1. The maximum atomic E-state index is 12.5. The van der Waals surface area contributed by atoms with Gasteiger partial charge in [0, 0.05) is 37.6 Å². The Hall–Kier alpha value is -2.54. The minimum absolute atomic E-state index is 0.147. The number of hydrogen-bond donors (Lipinski definition) is 1. The quantitative estimate of drug-likeness (QED) is 0.804. The molecular weight excluding hydrogens is 374 g/mol. The lowest BCUT2D eigenvalue weighted by Gasteiger charge is -2.30. The topological polar surface area (TPSA) is 69.7 Å². The van der Waals surface area contributed by atoms with Crippen LogP contribution in [0.5, 0.6) is 0 Å². The van der Waals surface area contributed by atoms with Crippen LogP contribution in [0.1, 0.15) is 35.7 Å². The van der Waals surface area contributed by atoms with E-state index in [0.29, 0.717) is 24.2 Å². The van der Waals surface area contributed by atoms with Gasteiger partial charge in [-0.1, -0.05) is 6.92 Å². The van der Waals surface area contributed by atoms with E-state index >= 15 is 0 Å². The summed E-state index contributed by atoms with van der Waals surface area (Å²) in [5.41, 5.74) is 3.96. The Morgan fingerprint density at radius 3 is 2.50 bits per heavy atom. The first-order valence-corrected chi connectivity index (χ1v) is 11.1. The Labute approximate surface area is 167 Å². The van der Waals surface area contributed by atoms with E-state index in [-0.39, 0.29) is 11.7 Å². The summed E-state index contributed by atoms with van der Waals surface area (Å²) >= 11 is 0. The Kier molecular flexibility index (Phi) is 5.93. The second-order valence-electron chi connectivity index (χ2n) is 7.23. The molecule has 0 spiro atoms. The Morgan fingerprint density at radius 1 is 1.14 bits per heavy atom. The van der Waals surface area contributed by atoms with Crippen LogP contribution in [0.3, 0.4) is 0 Å². The average Bonchev–Trinajstić information content (AvgIpc) is 2.67. The summed E-state index contributed by atoms with van der Waals surface area (Å²) in [6, 6.07) is 12.8. The molecule has 2 aromatic carbocycles. The predicted molar refractivity (Wildman–Crippen MR) is 115 cm³/mol. The van der Waals surface area contributed by atoms with Gasteiger partial charge >= 0.3 is 0 Å². The largest absolute Gasteiger partial charge is 0.378 e. The van der Waals surface area contributed by atoms with Crippen LogP contribution >= 0.6 is 0 Å². The summed E-state index contributed by atoms with van der Waals surface area (Å²) in [4.78, 5) is 14.5. The van der Waals surface area contributed by atoms with Gasteiger partial charge in [-0.15, -0.1) is 0 Å². The van der Waals surface area contributed by atoms with Gasteiger partial charge in [0.1, 0.15) is 0 Å². The molecule has 0 fully saturated rings. The highest BCUT2D eigenvalue weighted by Crippen LogP contribution is 2.32. The number of nitrogens with one attached hydrogen (secondary N) is 1. The van der Waals surface area contributed by atoms with Crippen LogP contribution in [-0.2, 0) is 16.4 Å². The van der Waals surface area contributed by atoms with Crippen molar-refractivity contribution in [1.29, 1.82) is 0 Å². The molecule has 0 saturated heterocycles. The zero-order valence-corrected chi connectivity index (χ0v) is 17.4. The van der Waals surface area contributed by atoms with Crippen molar-refractivity contribution in [2.45, 2.75) is 26.2 Å². The molecule has 7 heteroatoms. The fourth-order valence-electron chi connectivity index (χ4n) is 3.41. The molecule has 0 saturated carbocycles. The molecule has 0 bridgehead atoms. The highest BCUT2D eigenvalue weighted by atomic mass is 32.2. The molecule has 1 N–H and O–H groups in total. The number of rotatable bonds is 6. The summed E-state index contributed by atoms with van der Waals surface area (Å²) in [6.45, 7) is 2.38. The minimum Gasteiger partial charge on any atom is -0.378 e. The SMILES string of the molecule is CCCS(=O)(=O)N1CCCc2cc(NC(=O)c3ccc(N(C)C)cc3)ccc21. The number of amides is 1. The smallest absolute Gasteiger partial charge is 0.255 e. The Balaban J connectivity index is 1.79.